The molecule has 3 atom stereocenters. The number of benzene rings is 4. The van der Waals surface area contributed by atoms with Crippen molar-refractivity contribution in [3.8, 4) is 23.0 Å². The summed E-state index contributed by atoms with van der Waals surface area (Å²) in [6.07, 6.45) is 9.76. The van der Waals surface area contributed by atoms with Gasteiger partial charge < -0.3 is 29.8 Å². The number of hydrogen-bond acceptors (Lipinski definition) is 7. The molecule has 0 saturated carbocycles. The minimum absolute atomic E-state index is 0.0308. The van der Waals surface area contributed by atoms with E-state index in [1.165, 1.54) is 18.2 Å². The van der Waals surface area contributed by atoms with Crippen LogP contribution in [0.2, 0.25) is 0 Å². The van der Waals surface area contributed by atoms with Crippen molar-refractivity contribution in [3.63, 3.8) is 0 Å². The van der Waals surface area contributed by atoms with Crippen LogP contribution in [0.3, 0.4) is 0 Å². The molecule has 268 valence electrons. The number of aryl methyl sites for hydroxylation is 1. The number of allylic oxidation sites excluding steroid dienone is 1. The number of aliphatic hydroxyl groups is 1. The number of Topliss-reactive ketones (excluding diaryl/α,β-unsaturated/α-hetero) is 1. The molecule has 0 bridgehead atoms. The summed E-state index contributed by atoms with van der Waals surface area (Å²) < 4.78 is 11.2. The number of aromatic hydroxyl groups is 2. The predicted octanol–water partition coefficient (Wildman–Crippen LogP) is 7.89. The maximum atomic E-state index is 14.2. The molecule has 4 N–H and O–H groups in total. The summed E-state index contributed by atoms with van der Waals surface area (Å²) in [5.41, 5.74) is 7.05. The zero-order valence-electron chi connectivity index (χ0n) is 30.0. The van der Waals surface area contributed by atoms with Crippen molar-refractivity contribution in [3.05, 3.63) is 137 Å². The van der Waals surface area contributed by atoms with Gasteiger partial charge in [0.2, 0.25) is 0 Å². The number of fused-ring (bicyclic) bond motifs is 1. The molecule has 0 aliphatic carbocycles. The predicted molar refractivity (Wildman–Crippen MR) is 205 cm³/mol. The molecule has 4 aromatic carbocycles. The van der Waals surface area contributed by atoms with Gasteiger partial charge in [-0.2, -0.15) is 0 Å². The number of ether oxygens (including phenoxy) is 2. The Hall–Kier alpha value is -5.47. The summed E-state index contributed by atoms with van der Waals surface area (Å²) in [5, 5.41) is 35.5. The van der Waals surface area contributed by atoms with Crippen LogP contribution in [0.1, 0.15) is 53.1 Å². The highest BCUT2D eigenvalue weighted by molar-refractivity contribution is 5.88. The van der Waals surface area contributed by atoms with Gasteiger partial charge in [-0.25, -0.2) is 0 Å². The van der Waals surface area contributed by atoms with Crippen molar-refractivity contribution in [1.82, 2.24) is 4.98 Å². The first-order valence-electron chi connectivity index (χ1n) is 17.9. The minimum atomic E-state index is -0.951. The van der Waals surface area contributed by atoms with E-state index in [0.717, 1.165) is 45.0 Å². The van der Waals surface area contributed by atoms with Gasteiger partial charge in [-0.1, -0.05) is 55.5 Å². The lowest BCUT2D eigenvalue weighted by molar-refractivity contribution is -0.125. The van der Waals surface area contributed by atoms with Gasteiger partial charge in [-0.05, 0) is 94.5 Å². The Morgan fingerprint density at radius 1 is 0.865 bits per heavy atom. The maximum absolute atomic E-state index is 14.2. The fourth-order valence-corrected chi connectivity index (χ4v) is 7.48. The highest BCUT2D eigenvalue weighted by atomic mass is 16.5. The molecule has 0 saturated heterocycles. The van der Waals surface area contributed by atoms with E-state index in [-0.39, 0.29) is 29.6 Å². The summed E-state index contributed by atoms with van der Waals surface area (Å²) in [5.74, 6) is 0.0741. The molecule has 0 radical (unpaired) electrons. The molecule has 0 spiro atoms. The lowest BCUT2D eigenvalue weighted by Gasteiger charge is -2.26. The average molecular weight is 700 g/mol. The van der Waals surface area contributed by atoms with Crippen LogP contribution in [0.4, 0.5) is 0 Å². The van der Waals surface area contributed by atoms with E-state index in [2.05, 4.69) is 41.2 Å². The number of nitrogens with zero attached hydrogens (tertiary/aromatic N) is 1. The van der Waals surface area contributed by atoms with Crippen molar-refractivity contribution >= 4 is 22.8 Å². The molecule has 8 nitrogen and oxygen atoms in total. The molecular weight excluding hydrogens is 652 g/mol. The van der Waals surface area contributed by atoms with E-state index in [0.29, 0.717) is 43.6 Å². The van der Waals surface area contributed by atoms with Crippen molar-refractivity contribution in [2.75, 3.05) is 14.2 Å². The van der Waals surface area contributed by atoms with E-state index in [1.807, 2.05) is 42.7 Å². The lowest BCUT2D eigenvalue weighted by atomic mass is 9.81. The fraction of sp³-hybridized carbons (Fsp3) is 0.295. The van der Waals surface area contributed by atoms with Crippen molar-refractivity contribution in [1.29, 1.82) is 0 Å². The number of aromatic nitrogens is 1. The van der Waals surface area contributed by atoms with Gasteiger partial charge in [0.1, 0.15) is 17.9 Å². The highest BCUT2D eigenvalue weighted by Gasteiger charge is 2.31. The number of phenols is 2. The number of phenolic OH excluding ortho intramolecular Hbond substituents is 2. The summed E-state index contributed by atoms with van der Waals surface area (Å²) in [7, 11) is 3.07. The molecule has 2 heterocycles. The Morgan fingerprint density at radius 2 is 1.67 bits per heavy atom. The molecule has 1 aromatic heterocycles. The van der Waals surface area contributed by atoms with Gasteiger partial charge in [0.25, 0.3) is 0 Å². The van der Waals surface area contributed by atoms with E-state index in [9.17, 15) is 20.1 Å². The second-order valence-corrected chi connectivity index (χ2v) is 13.6. The third kappa shape index (κ3) is 8.35. The number of aliphatic hydroxyl groups excluding tert-OH is 1. The monoisotopic (exact) mass is 699 g/mol. The van der Waals surface area contributed by atoms with Gasteiger partial charge in [0.05, 0.1) is 26.4 Å². The number of rotatable bonds is 17. The zero-order chi connectivity index (χ0) is 36.6. The Bertz CT molecular complexity index is 2070. The minimum Gasteiger partial charge on any atom is -0.504 e. The Morgan fingerprint density at radius 3 is 2.40 bits per heavy atom. The van der Waals surface area contributed by atoms with Crippen LogP contribution in [-0.2, 0) is 36.9 Å². The van der Waals surface area contributed by atoms with Crippen molar-refractivity contribution in [2.24, 2.45) is 16.8 Å². The van der Waals surface area contributed by atoms with E-state index >= 15 is 0 Å². The van der Waals surface area contributed by atoms with Crippen molar-refractivity contribution in [2.45, 2.75) is 58.0 Å². The number of nitrogens with one attached hydrogen (secondary N) is 1. The topological polar surface area (TPSA) is 124 Å². The number of methoxy groups -OCH3 is 2. The summed E-state index contributed by atoms with van der Waals surface area (Å²) >= 11 is 0. The first-order chi connectivity index (χ1) is 25.3. The normalized spacial score (nSPS) is 14.1. The first kappa shape index (κ1) is 36.3. The molecule has 5 aromatic rings. The zero-order valence-corrected chi connectivity index (χ0v) is 30.0. The van der Waals surface area contributed by atoms with Gasteiger partial charge in [0.15, 0.2) is 29.2 Å². The lowest BCUT2D eigenvalue weighted by Crippen LogP contribution is -2.31. The van der Waals surface area contributed by atoms with Gasteiger partial charge in [-0.15, -0.1) is 4.99 Å². The molecule has 1 aliphatic rings. The average Bonchev–Trinajstić information content (AvgIpc) is 3.88. The molecule has 1 aliphatic heterocycles. The van der Waals surface area contributed by atoms with E-state index in [1.54, 1.807) is 44.1 Å². The van der Waals surface area contributed by atoms with Crippen LogP contribution >= 0.6 is 0 Å². The second-order valence-electron chi connectivity index (χ2n) is 13.6. The Labute approximate surface area is 305 Å². The molecule has 8 heteroatoms. The van der Waals surface area contributed by atoms with E-state index < -0.39 is 12.0 Å². The van der Waals surface area contributed by atoms with Crippen LogP contribution < -0.4 is 9.47 Å². The summed E-state index contributed by atoms with van der Waals surface area (Å²) in [6, 6.07) is 23.4. The largest absolute Gasteiger partial charge is 0.504 e. The standard InChI is InChI=1S/C44H46N2O6/c1-4-31-10-11-32-7-5-6-8-36(32)37(31)24-38-33(12-14-40(48)44(38)52-3)23-35(21-30-16-18-46-27-30)42(50)25-41(49)34(20-29-15-17-45-26-29)19-28-9-13-39(47)43(22-28)51-2/h5-18,22,26-27,34-35,42,46,50H,4,19-21,23-25H2,1-3H3,(H-,47,48)/p+1/t34-,35-,42+/m0/s1. The smallest absolute Gasteiger partial charge is 0.176 e. The number of carbonyl (C=O) groups is 1. The van der Waals surface area contributed by atoms with Gasteiger partial charge in [0, 0.05) is 43.1 Å². The Balaban J connectivity index is 1.32. The highest BCUT2D eigenvalue weighted by Crippen LogP contribution is 2.38. The van der Waals surface area contributed by atoms with Gasteiger partial charge >= 0.3 is 0 Å². The van der Waals surface area contributed by atoms with E-state index in [4.69, 9.17) is 9.47 Å². The molecule has 6 rings (SSSR count). The van der Waals surface area contributed by atoms with Crippen LogP contribution in [0.15, 0.2) is 102 Å². The SMILES string of the molecule is CCc1ccc2ccccc2c1Cc1c(C[C@H](Cc2cc[nH]c2)[C@H](O)CC(=O)[C@H](CC2=C[CH+]N=C2)Cc2ccc(O)c(OC)c2)ccc(O)c1OC. The Kier molecular flexibility index (Phi) is 11.7. The maximum Gasteiger partial charge on any atom is 0.176 e. The quantitative estimate of drug-likeness (QED) is 0.0732. The number of aromatic amines is 1. The van der Waals surface area contributed by atoms with Crippen LogP contribution in [-0.4, -0.2) is 52.6 Å². The van der Waals surface area contributed by atoms with Gasteiger partial charge in [-0.3, -0.25) is 4.79 Å². The summed E-state index contributed by atoms with van der Waals surface area (Å²) in [4.78, 5) is 21.5. The number of ketones is 1. The molecule has 0 amide bonds. The molecule has 0 unspecified atom stereocenters. The fourth-order valence-electron chi connectivity index (χ4n) is 7.48. The third-order valence-electron chi connectivity index (χ3n) is 10.3. The molecule has 0 fully saturated rings. The first-order valence-corrected chi connectivity index (χ1v) is 17.9. The van der Waals surface area contributed by atoms with Crippen LogP contribution in [0.25, 0.3) is 10.8 Å². The number of H-pyrrole nitrogens is 1. The number of hydrogen-bond donors (Lipinski definition) is 4. The molecular formula is C44H47N2O6+. The third-order valence-corrected chi connectivity index (χ3v) is 10.3. The number of aliphatic imine (C=N–C) groups is 1. The van der Waals surface area contributed by atoms with Crippen LogP contribution in [0.5, 0.6) is 23.0 Å². The number of carbonyl (C=O) groups excluding carboxylic acids is 1. The summed E-state index contributed by atoms with van der Waals surface area (Å²) in [6.45, 7) is 3.86. The molecule has 52 heavy (non-hydrogen) atoms. The van der Waals surface area contributed by atoms with Crippen molar-refractivity contribution < 1.29 is 29.6 Å². The second kappa shape index (κ2) is 16.7. The van der Waals surface area contributed by atoms with Crippen LogP contribution in [0, 0.1) is 18.4 Å².